The van der Waals surface area contributed by atoms with Gasteiger partial charge >= 0.3 is 0 Å². The first kappa shape index (κ1) is 24.6. The smallest absolute Gasteiger partial charge is 0.187 e. The Morgan fingerprint density at radius 1 is 0.895 bits per heavy atom. The monoisotopic (exact) mass is 510 g/mol. The van der Waals surface area contributed by atoms with E-state index in [2.05, 4.69) is 55.9 Å². The van der Waals surface area contributed by atoms with Crippen LogP contribution in [0.1, 0.15) is 49.7 Å². The van der Waals surface area contributed by atoms with E-state index < -0.39 is 0 Å². The van der Waals surface area contributed by atoms with Gasteiger partial charge in [-0.15, -0.1) is 0 Å². The van der Waals surface area contributed by atoms with Gasteiger partial charge in [0.1, 0.15) is 0 Å². The van der Waals surface area contributed by atoms with E-state index >= 15 is 0 Å². The van der Waals surface area contributed by atoms with Crippen LogP contribution >= 0.6 is 0 Å². The lowest BCUT2D eigenvalue weighted by atomic mass is 9.57. The van der Waals surface area contributed by atoms with Crippen molar-refractivity contribution in [3.63, 3.8) is 0 Å². The van der Waals surface area contributed by atoms with Gasteiger partial charge in [0.15, 0.2) is 5.69 Å². The van der Waals surface area contributed by atoms with E-state index in [-0.39, 0.29) is 0 Å². The molecule has 0 radical (unpaired) electrons. The topological polar surface area (TPSA) is 23.3 Å². The van der Waals surface area contributed by atoms with Crippen LogP contribution in [0.3, 0.4) is 0 Å². The SMILES string of the molecule is [C-]#[N+]c1ccc(N2CC(CN3CCC(C4(C5CCCC5)CN(C5COC5)Cc5ccccc54)CC3)C2)cc1. The number of nitrogens with zero attached hydrogens (tertiary/aromatic N) is 4. The van der Waals surface area contributed by atoms with Crippen LogP contribution in [0.5, 0.6) is 0 Å². The zero-order valence-electron chi connectivity index (χ0n) is 22.7. The summed E-state index contributed by atoms with van der Waals surface area (Å²) in [7, 11) is 0. The molecule has 4 fully saturated rings. The second-order valence-electron chi connectivity index (χ2n) is 12.7. The van der Waals surface area contributed by atoms with Gasteiger partial charge in [0, 0.05) is 49.7 Å². The highest BCUT2D eigenvalue weighted by Crippen LogP contribution is 2.53. The standard InChI is InChI=1S/C33H42N4O/c1-34-29-10-12-30(13-11-29)36-19-25(20-36)18-35-16-14-28(15-17-35)33(27-7-3-4-8-27)24-37(31-22-38-23-31)21-26-6-2-5-9-32(26)33/h2,5-6,9-13,25,27-28,31H,3-4,7-8,14-24H2. The maximum Gasteiger partial charge on any atom is 0.187 e. The fourth-order valence-electron chi connectivity index (χ4n) is 8.60. The molecule has 200 valence electrons. The molecule has 5 heteroatoms. The van der Waals surface area contributed by atoms with Crippen molar-refractivity contribution in [1.82, 2.24) is 9.80 Å². The van der Waals surface area contributed by atoms with Crippen LogP contribution in [0.25, 0.3) is 4.85 Å². The molecule has 0 amide bonds. The van der Waals surface area contributed by atoms with Gasteiger partial charge in [-0.2, -0.15) is 0 Å². The van der Waals surface area contributed by atoms with Gasteiger partial charge in [-0.05, 0) is 73.9 Å². The van der Waals surface area contributed by atoms with Crippen LogP contribution in [0.2, 0.25) is 0 Å². The Kier molecular flexibility index (Phi) is 6.68. The Morgan fingerprint density at radius 3 is 2.29 bits per heavy atom. The minimum Gasteiger partial charge on any atom is -0.378 e. The molecule has 0 bridgehead atoms. The molecule has 1 aliphatic carbocycles. The minimum atomic E-state index is 0.317. The number of piperidine rings is 1. The van der Waals surface area contributed by atoms with Crippen molar-refractivity contribution in [2.45, 2.75) is 56.5 Å². The number of benzene rings is 2. The number of likely N-dealkylation sites (tertiary alicyclic amines) is 1. The molecule has 3 saturated heterocycles. The van der Waals surface area contributed by atoms with E-state index in [9.17, 15) is 0 Å². The number of hydrogen-bond acceptors (Lipinski definition) is 4. The number of hydrogen-bond donors (Lipinski definition) is 0. The first-order valence-corrected chi connectivity index (χ1v) is 15.1. The largest absolute Gasteiger partial charge is 0.378 e. The summed E-state index contributed by atoms with van der Waals surface area (Å²) in [5.41, 5.74) is 5.62. The van der Waals surface area contributed by atoms with Gasteiger partial charge in [-0.25, -0.2) is 4.85 Å². The summed E-state index contributed by atoms with van der Waals surface area (Å²) >= 11 is 0. The lowest BCUT2D eigenvalue weighted by Gasteiger charge is -2.56. The van der Waals surface area contributed by atoms with Gasteiger partial charge < -0.3 is 14.5 Å². The Morgan fingerprint density at radius 2 is 1.61 bits per heavy atom. The van der Waals surface area contributed by atoms with Crippen molar-refractivity contribution in [2.24, 2.45) is 17.8 Å². The molecule has 4 aliphatic heterocycles. The number of rotatable bonds is 6. The molecule has 0 aromatic heterocycles. The summed E-state index contributed by atoms with van der Waals surface area (Å²) in [6.45, 7) is 17.4. The predicted molar refractivity (Wildman–Crippen MR) is 153 cm³/mol. The van der Waals surface area contributed by atoms with Crippen LogP contribution in [0, 0.1) is 24.3 Å². The molecule has 2 aromatic carbocycles. The van der Waals surface area contributed by atoms with E-state index in [1.165, 1.54) is 70.4 Å². The van der Waals surface area contributed by atoms with E-state index in [0.29, 0.717) is 11.5 Å². The molecule has 1 unspecified atom stereocenters. The lowest BCUT2D eigenvalue weighted by Crippen LogP contribution is -2.61. The molecule has 0 spiro atoms. The number of fused-ring (bicyclic) bond motifs is 1. The average Bonchev–Trinajstić information content (AvgIpc) is 3.45. The van der Waals surface area contributed by atoms with Crippen LogP contribution in [-0.2, 0) is 16.7 Å². The van der Waals surface area contributed by atoms with E-state index in [1.54, 1.807) is 11.1 Å². The van der Waals surface area contributed by atoms with Crippen molar-refractivity contribution in [2.75, 3.05) is 57.4 Å². The van der Waals surface area contributed by atoms with Gasteiger partial charge in [-0.3, -0.25) is 4.90 Å². The first-order valence-electron chi connectivity index (χ1n) is 15.1. The van der Waals surface area contributed by atoms with E-state index in [1.807, 2.05) is 12.1 Å². The molecular formula is C33H42N4O. The maximum absolute atomic E-state index is 7.17. The molecule has 7 rings (SSSR count). The van der Waals surface area contributed by atoms with Crippen molar-refractivity contribution in [1.29, 1.82) is 0 Å². The minimum absolute atomic E-state index is 0.317. The molecule has 4 heterocycles. The molecule has 0 N–H and O–H groups in total. The summed E-state index contributed by atoms with van der Waals surface area (Å²) in [6.07, 6.45) is 8.34. The Balaban J connectivity index is 1.03. The maximum atomic E-state index is 7.17. The van der Waals surface area contributed by atoms with Crippen LogP contribution in [-0.4, -0.2) is 68.3 Å². The van der Waals surface area contributed by atoms with Crippen LogP contribution in [0.15, 0.2) is 48.5 Å². The van der Waals surface area contributed by atoms with Crippen molar-refractivity contribution in [3.05, 3.63) is 71.1 Å². The average molecular weight is 511 g/mol. The summed E-state index contributed by atoms with van der Waals surface area (Å²) in [4.78, 5) is 11.6. The highest BCUT2D eigenvalue weighted by atomic mass is 16.5. The molecule has 38 heavy (non-hydrogen) atoms. The normalized spacial score (nSPS) is 28.0. The highest BCUT2D eigenvalue weighted by Gasteiger charge is 2.52. The Labute approximate surface area is 228 Å². The quantitative estimate of drug-likeness (QED) is 0.463. The van der Waals surface area contributed by atoms with Crippen molar-refractivity contribution >= 4 is 11.4 Å². The zero-order valence-corrected chi connectivity index (χ0v) is 22.7. The third kappa shape index (κ3) is 4.35. The van der Waals surface area contributed by atoms with Gasteiger partial charge in [0.25, 0.3) is 0 Å². The van der Waals surface area contributed by atoms with Gasteiger partial charge in [-0.1, -0.05) is 49.2 Å². The summed E-state index contributed by atoms with van der Waals surface area (Å²) in [5, 5.41) is 0. The third-order valence-electron chi connectivity index (χ3n) is 10.7. The molecule has 5 aliphatic rings. The summed E-state index contributed by atoms with van der Waals surface area (Å²) < 4.78 is 5.66. The Hall–Kier alpha value is -2.39. The number of ether oxygens (including phenoxy) is 1. The predicted octanol–water partition coefficient (Wildman–Crippen LogP) is 5.73. The van der Waals surface area contributed by atoms with Crippen LogP contribution in [0.4, 0.5) is 11.4 Å². The van der Waals surface area contributed by atoms with Crippen LogP contribution < -0.4 is 4.90 Å². The lowest BCUT2D eigenvalue weighted by molar-refractivity contribution is -0.0898. The molecule has 1 saturated carbocycles. The number of anilines is 1. The van der Waals surface area contributed by atoms with Gasteiger partial charge in [0.2, 0.25) is 0 Å². The van der Waals surface area contributed by atoms with Gasteiger partial charge in [0.05, 0.1) is 25.8 Å². The molecule has 5 nitrogen and oxygen atoms in total. The Bertz CT molecular complexity index is 1150. The van der Waals surface area contributed by atoms with E-state index in [4.69, 9.17) is 11.3 Å². The first-order chi connectivity index (χ1) is 18.7. The summed E-state index contributed by atoms with van der Waals surface area (Å²) in [5.74, 6) is 2.38. The van der Waals surface area contributed by atoms with Crippen molar-refractivity contribution in [3.8, 4) is 0 Å². The molecule has 1 atom stereocenters. The second kappa shape index (κ2) is 10.3. The summed E-state index contributed by atoms with van der Waals surface area (Å²) in [6, 6.07) is 18.3. The fourth-order valence-corrected chi connectivity index (χ4v) is 8.60. The van der Waals surface area contributed by atoms with E-state index in [0.717, 1.165) is 56.3 Å². The van der Waals surface area contributed by atoms with Crippen molar-refractivity contribution < 1.29 is 4.74 Å². The fraction of sp³-hybridized carbons (Fsp3) is 0.606. The molecular weight excluding hydrogens is 468 g/mol. The zero-order chi connectivity index (χ0) is 25.5. The highest BCUT2D eigenvalue weighted by molar-refractivity contribution is 5.56. The second-order valence-corrected chi connectivity index (χ2v) is 12.7. The molecule has 2 aromatic rings. The third-order valence-corrected chi connectivity index (χ3v) is 10.7.